The Morgan fingerprint density at radius 3 is 2.47 bits per heavy atom. The highest BCUT2D eigenvalue weighted by Gasteiger charge is 2.31. The molecule has 0 radical (unpaired) electrons. The first kappa shape index (κ1) is 14.2. The van der Waals surface area contributed by atoms with Crippen LogP contribution in [-0.4, -0.2) is 24.4 Å². The van der Waals surface area contributed by atoms with Crippen LogP contribution in [0.25, 0.3) is 0 Å². The third-order valence-electron chi connectivity index (χ3n) is 3.64. The minimum atomic E-state index is -0.625. The summed E-state index contributed by atoms with van der Waals surface area (Å²) < 4.78 is 5.09. The maximum atomic E-state index is 10.7. The van der Waals surface area contributed by atoms with E-state index in [1.54, 1.807) is 7.11 Å². The molecule has 2 heteroatoms. The molecular formula is C15H24O2. The van der Waals surface area contributed by atoms with Crippen LogP contribution in [-0.2, 0) is 11.2 Å². The highest BCUT2D eigenvalue weighted by Crippen LogP contribution is 2.28. The van der Waals surface area contributed by atoms with Crippen LogP contribution in [0.2, 0.25) is 0 Å². The van der Waals surface area contributed by atoms with Crippen molar-refractivity contribution in [2.75, 3.05) is 13.7 Å². The Kier molecular flexibility index (Phi) is 5.66. The maximum Gasteiger partial charge on any atom is 0.0711 e. The lowest BCUT2D eigenvalue weighted by Gasteiger charge is -2.33. The van der Waals surface area contributed by atoms with Crippen LogP contribution in [0.5, 0.6) is 0 Å². The van der Waals surface area contributed by atoms with Gasteiger partial charge >= 0.3 is 0 Å². The maximum absolute atomic E-state index is 10.7. The van der Waals surface area contributed by atoms with E-state index in [-0.39, 0.29) is 5.92 Å². The summed E-state index contributed by atoms with van der Waals surface area (Å²) in [4.78, 5) is 0. The third kappa shape index (κ3) is 4.14. The highest BCUT2D eigenvalue weighted by atomic mass is 16.5. The molecule has 0 amide bonds. The lowest BCUT2D eigenvalue weighted by molar-refractivity contribution is -0.0256. The summed E-state index contributed by atoms with van der Waals surface area (Å²) in [7, 11) is 1.70. The summed E-state index contributed by atoms with van der Waals surface area (Å²) in [5.41, 5.74) is 0.570. The zero-order chi connectivity index (χ0) is 12.7. The van der Waals surface area contributed by atoms with Crippen molar-refractivity contribution in [1.29, 1.82) is 0 Å². The lowest BCUT2D eigenvalue weighted by atomic mass is 9.79. The normalized spacial score (nSPS) is 16.5. The topological polar surface area (TPSA) is 29.5 Å². The van der Waals surface area contributed by atoms with Gasteiger partial charge in [-0.15, -0.1) is 0 Å². The van der Waals surface area contributed by atoms with E-state index >= 15 is 0 Å². The van der Waals surface area contributed by atoms with Crippen molar-refractivity contribution in [3.63, 3.8) is 0 Å². The molecule has 0 aliphatic carbocycles. The van der Waals surface area contributed by atoms with Crippen molar-refractivity contribution in [1.82, 2.24) is 0 Å². The van der Waals surface area contributed by atoms with E-state index < -0.39 is 5.60 Å². The number of hydrogen-bond donors (Lipinski definition) is 1. The van der Waals surface area contributed by atoms with Crippen molar-refractivity contribution < 1.29 is 9.84 Å². The first-order chi connectivity index (χ1) is 8.12. The SMILES string of the molecule is CCC(O)(Cc1ccccc1)C(C)CCOC. The summed E-state index contributed by atoms with van der Waals surface area (Å²) >= 11 is 0. The minimum Gasteiger partial charge on any atom is -0.389 e. The standard InChI is InChI=1S/C15H24O2/c1-4-15(16,13(2)10-11-17-3)12-14-8-6-5-7-9-14/h5-9,13,16H,4,10-12H2,1-3H3. The second-order valence-electron chi connectivity index (χ2n) is 4.80. The number of aliphatic hydroxyl groups is 1. The van der Waals surface area contributed by atoms with Crippen molar-refractivity contribution in [3.05, 3.63) is 35.9 Å². The molecular weight excluding hydrogens is 212 g/mol. The molecule has 1 aromatic carbocycles. The molecule has 0 aliphatic heterocycles. The Labute approximate surface area is 105 Å². The number of rotatable bonds is 7. The molecule has 0 bridgehead atoms. The molecule has 96 valence electrons. The molecule has 1 N–H and O–H groups in total. The average molecular weight is 236 g/mol. The Bertz CT molecular complexity index is 310. The number of methoxy groups -OCH3 is 1. The largest absolute Gasteiger partial charge is 0.389 e. The molecule has 0 spiro atoms. The summed E-state index contributed by atoms with van der Waals surface area (Å²) in [6.07, 6.45) is 2.38. The molecule has 2 atom stereocenters. The number of benzene rings is 1. The van der Waals surface area contributed by atoms with E-state index in [0.29, 0.717) is 6.61 Å². The van der Waals surface area contributed by atoms with Crippen LogP contribution in [0.15, 0.2) is 30.3 Å². The number of hydrogen-bond acceptors (Lipinski definition) is 2. The van der Waals surface area contributed by atoms with Crippen molar-refractivity contribution in [3.8, 4) is 0 Å². The van der Waals surface area contributed by atoms with E-state index in [2.05, 4.69) is 19.1 Å². The molecule has 17 heavy (non-hydrogen) atoms. The van der Waals surface area contributed by atoms with Gasteiger partial charge in [-0.2, -0.15) is 0 Å². The quantitative estimate of drug-likeness (QED) is 0.788. The van der Waals surface area contributed by atoms with E-state index in [9.17, 15) is 5.11 Å². The average Bonchev–Trinajstić information content (AvgIpc) is 2.36. The molecule has 2 nitrogen and oxygen atoms in total. The van der Waals surface area contributed by atoms with Gasteiger partial charge in [0.2, 0.25) is 0 Å². The molecule has 0 aliphatic rings. The van der Waals surface area contributed by atoms with Crippen LogP contribution in [0.1, 0.15) is 32.3 Å². The Balaban J connectivity index is 2.67. The third-order valence-corrected chi connectivity index (χ3v) is 3.64. The van der Waals surface area contributed by atoms with Crippen LogP contribution in [0.3, 0.4) is 0 Å². The van der Waals surface area contributed by atoms with E-state index in [4.69, 9.17) is 4.74 Å². The summed E-state index contributed by atoms with van der Waals surface area (Å²) in [5.74, 6) is 0.243. The Morgan fingerprint density at radius 1 is 1.29 bits per heavy atom. The van der Waals surface area contributed by atoms with Crippen LogP contribution < -0.4 is 0 Å². The smallest absolute Gasteiger partial charge is 0.0711 e. The summed E-state index contributed by atoms with van der Waals surface area (Å²) in [5, 5.41) is 10.7. The molecule has 0 heterocycles. The molecule has 0 aromatic heterocycles. The zero-order valence-electron chi connectivity index (χ0n) is 11.1. The van der Waals surface area contributed by atoms with Crippen LogP contribution in [0.4, 0.5) is 0 Å². The first-order valence-electron chi connectivity index (χ1n) is 6.37. The van der Waals surface area contributed by atoms with Crippen LogP contribution >= 0.6 is 0 Å². The van der Waals surface area contributed by atoms with Crippen molar-refractivity contribution >= 4 is 0 Å². The van der Waals surface area contributed by atoms with Gasteiger partial charge in [-0.1, -0.05) is 44.2 Å². The summed E-state index contributed by atoms with van der Waals surface area (Å²) in [6.45, 7) is 4.86. The van der Waals surface area contributed by atoms with Gasteiger partial charge in [-0.05, 0) is 24.3 Å². The van der Waals surface area contributed by atoms with Crippen molar-refractivity contribution in [2.45, 2.75) is 38.7 Å². The molecule has 0 saturated carbocycles. The van der Waals surface area contributed by atoms with Gasteiger partial charge in [0.05, 0.1) is 5.60 Å². The monoisotopic (exact) mass is 236 g/mol. The molecule has 2 unspecified atom stereocenters. The molecule has 1 rings (SSSR count). The zero-order valence-corrected chi connectivity index (χ0v) is 11.1. The highest BCUT2D eigenvalue weighted by molar-refractivity contribution is 5.17. The van der Waals surface area contributed by atoms with Gasteiger partial charge in [0.15, 0.2) is 0 Å². The molecule has 1 aromatic rings. The lowest BCUT2D eigenvalue weighted by Crippen LogP contribution is -2.38. The summed E-state index contributed by atoms with van der Waals surface area (Å²) in [6, 6.07) is 10.2. The molecule has 0 saturated heterocycles. The van der Waals surface area contributed by atoms with Gasteiger partial charge < -0.3 is 9.84 Å². The van der Waals surface area contributed by atoms with E-state index in [0.717, 1.165) is 19.3 Å². The number of ether oxygens (including phenoxy) is 1. The predicted octanol–water partition coefficient (Wildman–Crippen LogP) is 3.04. The Hall–Kier alpha value is -0.860. The predicted molar refractivity (Wildman–Crippen MR) is 71.0 cm³/mol. The van der Waals surface area contributed by atoms with E-state index in [1.807, 2.05) is 25.1 Å². The van der Waals surface area contributed by atoms with E-state index in [1.165, 1.54) is 5.56 Å². The second kappa shape index (κ2) is 6.77. The fourth-order valence-corrected chi connectivity index (χ4v) is 2.16. The first-order valence-corrected chi connectivity index (χ1v) is 6.37. The van der Waals surface area contributed by atoms with Crippen LogP contribution in [0, 0.1) is 5.92 Å². The second-order valence-corrected chi connectivity index (χ2v) is 4.80. The van der Waals surface area contributed by atoms with Gasteiger partial charge in [-0.3, -0.25) is 0 Å². The van der Waals surface area contributed by atoms with Gasteiger partial charge in [-0.25, -0.2) is 0 Å². The Morgan fingerprint density at radius 2 is 1.94 bits per heavy atom. The van der Waals surface area contributed by atoms with Gasteiger partial charge in [0, 0.05) is 20.1 Å². The fourth-order valence-electron chi connectivity index (χ4n) is 2.16. The van der Waals surface area contributed by atoms with Crippen molar-refractivity contribution in [2.24, 2.45) is 5.92 Å². The minimum absolute atomic E-state index is 0.243. The fraction of sp³-hybridized carbons (Fsp3) is 0.600. The molecule has 0 fully saturated rings. The van der Waals surface area contributed by atoms with Gasteiger partial charge in [0.25, 0.3) is 0 Å². The van der Waals surface area contributed by atoms with Gasteiger partial charge in [0.1, 0.15) is 0 Å².